The summed E-state index contributed by atoms with van der Waals surface area (Å²) in [7, 11) is 0. The minimum absolute atomic E-state index is 0.383. The van der Waals surface area contributed by atoms with Crippen LogP contribution < -0.4 is 5.73 Å². The zero-order chi connectivity index (χ0) is 14.3. The second kappa shape index (κ2) is 5.24. The van der Waals surface area contributed by atoms with Crippen LogP contribution in [-0.2, 0) is 0 Å². The van der Waals surface area contributed by atoms with Gasteiger partial charge in [-0.3, -0.25) is 0 Å². The van der Waals surface area contributed by atoms with Crippen molar-refractivity contribution in [3.8, 4) is 0 Å². The summed E-state index contributed by atoms with van der Waals surface area (Å²) >= 11 is 9.67. The van der Waals surface area contributed by atoms with E-state index in [-0.39, 0.29) is 6.04 Å². The lowest BCUT2D eigenvalue weighted by Gasteiger charge is -2.11. The van der Waals surface area contributed by atoms with Gasteiger partial charge in [0.2, 0.25) is 0 Å². The Hall–Kier alpha value is -1.29. The molecule has 0 spiro atoms. The number of furan rings is 1. The number of aryl methyl sites for hydroxylation is 1. The predicted molar refractivity (Wildman–Crippen MR) is 86.1 cm³/mol. The van der Waals surface area contributed by atoms with Gasteiger partial charge in [0.1, 0.15) is 11.3 Å². The fourth-order valence-corrected chi connectivity index (χ4v) is 2.90. The van der Waals surface area contributed by atoms with Crippen molar-refractivity contribution in [1.82, 2.24) is 0 Å². The number of para-hydroxylation sites is 1. The second-order valence-electron chi connectivity index (χ2n) is 4.79. The molecule has 0 radical (unpaired) electrons. The van der Waals surface area contributed by atoms with E-state index in [0.29, 0.717) is 10.8 Å². The zero-order valence-electron chi connectivity index (χ0n) is 10.9. The summed E-state index contributed by atoms with van der Waals surface area (Å²) in [5, 5.41) is 1.69. The maximum atomic E-state index is 6.30. The number of halogens is 2. The standard InChI is InChI=1S/C16H13BrClNO/c1-9-3-2-4-10-7-14(20-16(9)10)15(19)12-8-11(17)5-6-13(12)18/h2-8,15H,19H2,1H3. The van der Waals surface area contributed by atoms with Crippen molar-refractivity contribution >= 4 is 38.5 Å². The molecule has 2 nitrogen and oxygen atoms in total. The Labute approximate surface area is 130 Å². The Morgan fingerprint density at radius 1 is 1.20 bits per heavy atom. The Bertz CT molecular complexity index is 781. The van der Waals surface area contributed by atoms with Crippen LogP contribution in [0.4, 0.5) is 0 Å². The van der Waals surface area contributed by atoms with Gasteiger partial charge >= 0.3 is 0 Å². The van der Waals surface area contributed by atoms with Crippen LogP contribution >= 0.6 is 27.5 Å². The van der Waals surface area contributed by atoms with Gasteiger partial charge in [-0.25, -0.2) is 0 Å². The smallest absolute Gasteiger partial charge is 0.137 e. The normalized spacial score (nSPS) is 12.8. The second-order valence-corrected chi connectivity index (χ2v) is 6.11. The van der Waals surface area contributed by atoms with Gasteiger partial charge in [-0.1, -0.05) is 45.7 Å². The number of hydrogen-bond donors (Lipinski definition) is 1. The van der Waals surface area contributed by atoms with E-state index in [1.165, 1.54) is 0 Å². The first-order valence-electron chi connectivity index (χ1n) is 6.26. The summed E-state index contributed by atoms with van der Waals surface area (Å²) in [6, 6.07) is 13.3. The van der Waals surface area contributed by atoms with Gasteiger partial charge in [0.15, 0.2) is 0 Å². The van der Waals surface area contributed by atoms with E-state index in [1.807, 2.05) is 49.4 Å². The molecule has 0 saturated heterocycles. The molecule has 102 valence electrons. The summed E-state index contributed by atoms with van der Waals surface area (Å²) in [6.45, 7) is 2.02. The predicted octanol–water partition coefficient (Wildman–Crippen LogP) is 5.21. The zero-order valence-corrected chi connectivity index (χ0v) is 13.2. The van der Waals surface area contributed by atoms with E-state index in [9.17, 15) is 0 Å². The van der Waals surface area contributed by atoms with E-state index in [4.69, 9.17) is 21.8 Å². The van der Waals surface area contributed by atoms with Crippen molar-refractivity contribution < 1.29 is 4.42 Å². The highest BCUT2D eigenvalue weighted by Crippen LogP contribution is 2.32. The van der Waals surface area contributed by atoms with E-state index < -0.39 is 0 Å². The molecule has 1 heterocycles. The first-order chi connectivity index (χ1) is 9.56. The molecule has 0 fully saturated rings. The molecule has 0 aliphatic rings. The largest absolute Gasteiger partial charge is 0.459 e. The van der Waals surface area contributed by atoms with Crippen LogP contribution in [0.3, 0.4) is 0 Å². The van der Waals surface area contributed by atoms with Crippen LogP contribution in [0.5, 0.6) is 0 Å². The van der Waals surface area contributed by atoms with Gasteiger partial charge in [0.05, 0.1) is 6.04 Å². The van der Waals surface area contributed by atoms with Gasteiger partial charge in [-0.2, -0.15) is 0 Å². The highest BCUT2D eigenvalue weighted by atomic mass is 79.9. The Morgan fingerprint density at radius 2 is 2.00 bits per heavy atom. The topological polar surface area (TPSA) is 39.2 Å². The molecule has 3 rings (SSSR count). The van der Waals surface area contributed by atoms with Crippen LogP contribution in [-0.4, -0.2) is 0 Å². The average molecular weight is 351 g/mol. The minimum Gasteiger partial charge on any atom is -0.459 e. The molecule has 1 aromatic heterocycles. The van der Waals surface area contributed by atoms with E-state index >= 15 is 0 Å². The van der Waals surface area contributed by atoms with Crippen molar-refractivity contribution in [2.24, 2.45) is 5.73 Å². The maximum Gasteiger partial charge on any atom is 0.137 e. The lowest BCUT2D eigenvalue weighted by molar-refractivity contribution is 0.523. The van der Waals surface area contributed by atoms with E-state index in [2.05, 4.69) is 15.9 Å². The Balaban J connectivity index is 2.10. The molecule has 0 aliphatic carbocycles. The van der Waals surface area contributed by atoms with Crippen molar-refractivity contribution in [2.75, 3.05) is 0 Å². The summed E-state index contributed by atoms with van der Waals surface area (Å²) < 4.78 is 6.86. The molecule has 0 aliphatic heterocycles. The van der Waals surface area contributed by atoms with Crippen molar-refractivity contribution in [3.05, 3.63) is 68.8 Å². The molecular weight excluding hydrogens is 338 g/mol. The summed E-state index contributed by atoms with van der Waals surface area (Å²) in [5.74, 6) is 0.717. The lowest BCUT2D eigenvalue weighted by atomic mass is 10.1. The van der Waals surface area contributed by atoms with Crippen molar-refractivity contribution in [2.45, 2.75) is 13.0 Å². The monoisotopic (exact) mass is 349 g/mol. The van der Waals surface area contributed by atoms with E-state index in [0.717, 1.165) is 26.6 Å². The molecule has 0 amide bonds. The van der Waals surface area contributed by atoms with Crippen LogP contribution in [0.1, 0.15) is 22.9 Å². The maximum absolute atomic E-state index is 6.30. The lowest BCUT2D eigenvalue weighted by Crippen LogP contribution is -2.11. The van der Waals surface area contributed by atoms with Gasteiger partial charge in [0, 0.05) is 14.9 Å². The molecule has 0 bridgehead atoms. The molecular formula is C16H13BrClNO. The number of hydrogen-bond acceptors (Lipinski definition) is 2. The molecule has 1 atom stereocenters. The average Bonchev–Trinajstić information content (AvgIpc) is 2.86. The van der Waals surface area contributed by atoms with Gasteiger partial charge in [0.25, 0.3) is 0 Å². The summed E-state index contributed by atoms with van der Waals surface area (Å²) in [6.07, 6.45) is 0. The van der Waals surface area contributed by atoms with Crippen molar-refractivity contribution in [1.29, 1.82) is 0 Å². The van der Waals surface area contributed by atoms with Gasteiger partial charge < -0.3 is 10.2 Å². The quantitative estimate of drug-likeness (QED) is 0.689. The number of fused-ring (bicyclic) bond motifs is 1. The number of nitrogens with two attached hydrogens (primary N) is 1. The summed E-state index contributed by atoms with van der Waals surface area (Å²) in [4.78, 5) is 0. The molecule has 2 aromatic carbocycles. The SMILES string of the molecule is Cc1cccc2cc(C(N)c3cc(Br)ccc3Cl)oc12. The molecule has 3 aromatic rings. The molecule has 4 heteroatoms. The highest BCUT2D eigenvalue weighted by molar-refractivity contribution is 9.10. The fourth-order valence-electron chi connectivity index (χ4n) is 2.29. The van der Waals surface area contributed by atoms with Crippen LogP contribution in [0, 0.1) is 6.92 Å². The number of rotatable bonds is 2. The Morgan fingerprint density at radius 3 is 2.75 bits per heavy atom. The first kappa shape index (κ1) is 13.7. The van der Waals surface area contributed by atoms with E-state index in [1.54, 1.807) is 0 Å². The minimum atomic E-state index is -0.383. The molecule has 2 N–H and O–H groups in total. The van der Waals surface area contributed by atoms with Crippen LogP contribution in [0.15, 0.2) is 51.4 Å². The number of benzene rings is 2. The third-order valence-electron chi connectivity index (χ3n) is 3.36. The molecule has 1 unspecified atom stereocenters. The van der Waals surface area contributed by atoms with Crippen LogP contribution in [0.2, 0.25) is 5.02 Å². The van der Waals surface area contributed by atoms with Gasteiger partial charge in [-0.05, 0) is 42.3 Å². The first-order valence-corrected chi connectivity index (χ1v) is 7.43. The third kappa shape index (κ3) is 2.37. The summed E-state index contributed by atoms with van der Waals surface area (Å²) in [5.41, 5.74) is 9.12. The molecule has 20 heavy (non-hydrogen) atoms. The third-order valence-corrected chi connectivity index (χ3v) is 4.20. The molecule has 0 saturated carbocycles. The fraction of sp³-hybridized carbons (Fsp3) is 0.125. The van der Waals surface area contributed by atoms with Crippen molar-refractivity contribution in [3.63, 3.8) is 0 Å². The van der Waals surface area contributed by atoms with Crippen LogP contribution in [0.25, 0.3) is 11.0 Å². The highest BCUT2D eigenvalue weighted by Gasteiger charge is 2.17. The van der Waals surface area contributed by atoms with Gasteiger partial charge in [-0.15, -0.1) is 0 Å². The Kier molecular flexibility index (Phi) is 3.59.